The average Bonchev–Trinajstić information content (AvgIpc) is 2.67. The molecule has 1 aromatic rings. The van der Waals surface area contributed by atoms with Crippen LogP contribution in [0.3, 0.4) is 0 Å². The van der Waals surface area contributed by atoms with Crippen molar-refractivity contribution >= 4 is 17.7 Å². The number of ether oxygens (including phenoxy) is 1. The van der Waals surface area contributed by atoms with Gasteiger partial charge in [0, 0.05) is 32.4 Å². The van der Waals surface area contributed by atoms with Gasteiger partial charge in [-0.2, -0.15) is 0 Å². The van der Waals surface area contributed by atoms with Gasteiger partial charge in [0.05, 0.1) is 11.7 Å². The molecule has 7 nitrogen and oxygen atoms in total. The fourth-order valence-corrected chi connectivity index (χ4v) is 3.40. The number of rotatable bonds is 5. The highest BCUT2D eigenvalue weighted by molar-refractivity contribution is 5.87. The van der Waals surface area contributed by atoms with E-state index in [1.165, 1.54) is 25.5 Å². The number of amides is 1. The molecule has 0 bridgehead atoms. The first-order valence-electron chi connectivity index (χ1n) is 8.97. The van der Waals surface area contributed by atoms with Gasteiger partial charge < -0.3 is 19.6 Å². The van der Waals surface area contributed by atoms with Crippen molar-refractivity contribution in [2.45, 2.75) is 38.2 Å². The van der Waals surface area contributed by atoms with E-state index >= 15 is 0 Å². The first-order valence-corrected chi connectivity index (χ1v) is 8.97. The van der Waals surface area contributed by atoms with Gasteiger partial charge in [0.2, 0.25) is 5.91 Å². The van der Waals surface area contributed by atoms with Crippen LogP contribution in [0, 0.1) is 0 Å². The third-order valence-corrected chi connectivity index (χ3v) is 4.95. The number of aromatic carboxylic acids is 1. The number of hydrogen-bond acceptors (Lipinski definition) is 5. The molecule has 0 spiro atoms. The summed E-state index contributed by atoms with van der Waals surface area (Å²) in [5.74, 6) is -0.178. The second kappa shape index (κ2) is 8.29. The average molecular weight is 347 g/mol. The van der Waals surface area contributed by atoms with Crippen molar-refractivity contribution in [2.24, 2.45) is 0 Å². The Kier molecular flexibility index (Phi) is 5.86. The maximum Gasteiger partial charge on any atom is 0.337 e. The zero-order chi connectivity index (χ0) is 17.6. The number of carboxylic acid groups (broad SMARTS) is 1. The third-order valence-electron chi connectivity index (χ3n) is 4.95. The topological polar surface area (TPSA) is 83.0 Å². The lowest BCUT2D eigenvalue weighted by Gasteiger charge is -2.35. The van der Waals surface area contributed by atoms with Gasteiger partial charge in [0.1, 0.15) is 12.4 Å². The van der Waals surface area contributed by atoms with E-state index < -0.39 is 5.97 Å². The van der Waals surface area contributed by atoms with Crippen molar-refractivity contribution in [3.05, 3.63) is 23.9 Å². The molecule has 2 heterocycles. The van der Waals surface area contributed by atoms with Crippen LogP contribution in [0.25, 0.3) is 0 Å². The fourth-order valence-electron chi connectivity index (χ4n) is 3.40. The number of hydrogen-bond donors (Lipinski definition) is 1. The Morgan fingerprint density at radius 3 is 2.44 bits per heavy atom. The van der Waals surface area contributed by atoms with Crippen LogP contribution in [0.5, 0.6) is 0 Å². The van der Waals surface area contributed by atoms with E-state index in [0.29, 0.717) is 26.2 Å². The van der Waals surface area contributed by atoms with Crippen LogP contribution in [-0.2, 0) is 9.53 Å². The van der Waals surface area contributed by atoms with Crippen LogP contribution < -0.4 is 4.90 Å². The van der Waals surface area contributed by atoms with Crippen LogP contribution >= 0.6 is 0 Å². The molecule has 1 aliphatic heterocycles. The van der Waals surface area contributed by atoms with Crippen LogP contribution in [0.15, 0.2) is 18.3 Å². The second-order valence-corrected chi connectivity index (χ2v) is 6.65. The normalized spacial score (nSPS) is 19.0. The summed E-state index contributed by atoms with van der Waals surface area (Å²) in [6.45, 7) is 2.82. The Labute approximate surface area is 147 Å². The quantitative estimate of drug-likeness (QED) is 0.874. The summed E-state index contributed by atoms with van der Waals surface area (Å²) < 4.78 is 5.77. The molecule has 1 aliphatic carbocycles. The number of carbonyl (C=O) groups excluding carboxylic acids is 1. The van der Waals surface area contributed by atoms with E-state index in [1.54, 1.807) is 12.1 Å². The highest BCUT2D eigenvalue weighted by atomic mass is 16.5. The predicted molar refractivity (Wildman–Crippen MR) is 92.8 cm³/mol. The third kappa shape index (κ3) is 4.69. The summed E-state index contributed by atoms with van der Waals surface area (Å²) in [5, 5.41) is 8.92. The SMILES string of the molecule is O=C(O)c1ccc(N2CCN(C(=O)COC3CCCCC3)CC2)nc1. The maximum atomic E-state index is 12.3. The van der Waals surface area contributed by atoms with E-state index in [2.05, 4.69) is 9.88 Å². The summed E-state index contributed by atoms with van der Waals surface area (Å²) in [7, 11) is 0. The molecule has 1 amide bonds. The minimum atomic E-state index is -0.979. The highest BCUT2D eigenvalue weighted by Gasteiger charge is 2.23. The molecule has 0 unspecified atom stereocenters. The molecule has 7 heteroatoms. The molecular formula is C18H25N3O4. The molecule has 3 rings (SSSR count). The lowest BCUT2D eigenvalue weighted by molar-refractivity contribution is -0.139. The molecule has 2 fully saturated rings. The first kappa shape index (κ1) is 17.7. The van der Waals surface area contributed by atoms with Crippen LogP contribution in [-0.4, -0.2) is 65.8 Å². The Morgan fingerprint density at radius 1 is 1.12 bits per heavy atom. The van der Waals surface area contributed by atoms with Gasteiger partial charge >= 0.3 is 5.97 Å². The van der Waals surface area contributed by atoms with Gasteiger partial charge in [-0.1, -0.05) is 19.3 Å². The van der Waals surface area contributed by atoms with Gasteiger partial charge in [-0.15, -0.1) is 0 Å². The Hall–Kier alpha value is -2.15. The number of piperazine rings is 1. The number of anilines is 1. The van der Waals surface area contributed by atoms with Crippen molar-refractivity contribution in [2.75, 3.05) is 37.7 Å². The Balaban J connectivity index is 1.44. The van der Waals surface area contributed by atoms with E-state index in [1.807, 2.05) is 4.90 Å². The monoisotopic (exact) mass is 347 g/mol. The summed E-state index contributed by atoms with van der Waals surface area (Å²) in [6.07, 6.45) is 7.43. The Morgan fingerprint density at radius 2 is 1.84 bits per heavy atom. The molecule has 1 saturated carbocycles. The minimum Gasteiger partial charge on any atom is -0.478 e. The standard InChI is InChI=1S/C18H25N3O4/c22-17(13-25-15-4-2-1-3-5-15)21-10-8-20(9-11-21)16-7-6-14(12-19-16)18(23)24/h6-7,12,15H,1-5,8-11,13H2,(H,23,24). The molecule has 2 aliphatic rings. The summed E-state index contributed by atoms with van der Waals surface area (Å²) in [6, 6.07) is 3.27. The maximum absolute atomic E-state index is 12.3. The molecule has 1 N–H and O–H groups in total. The zero-order valence-electron chi connectivity index (χ0n) is 14.4. The van der Waals surface area contributed by atoms with Gasteiger partial charge in [-0.05, 0) is 25.0 Å². The summed E-state index contributed by atoms with van der Waals surface area (Å²) >= 11 is 0. The van der Waals surface area contributed by atoms with Crippen molar-refractivity contribution in [3.63, 3.8) is 0 Å². The number of carboxylic acids is 1. The predicted octanol–water partition coefficient (Wildman–Crippen LogP) is 1.78. The van der Waals surface area contributed by atoms with Crippen molar-refractivity contribution in [1.82, 2.24) is 9.88 Å². The van der Waals surface area contributed by atoms with Gasteiger partial charge in [0.15, 0.2) is 0 Å². The van der Waals surface area contributed by atoms with E-state index in [4.69, 9.17) is 9.84 Å². The van der Waals surface area contributed by atoms with Crippen LogP contribution in [0.1, 0.15) is 42.5 Å². The molecule has 1 saturated heterocycles. The van der Waals surface area contributed by atoms with E-state index in [9.17, 15) is 9.59 Å². The summed E-state index contributed by atoms with van der Waals surface area (Å²) in [5.41, 5.74) is 0.178. The Bertz CT molecular complexity index is 591. The molecule has 0 aromatic carbocycles. The lowest BCUT2D eigenvalue weighted by atomic mass is 9.98. The largest absolute Gasteiger partial charge is 0.478 e. The van der Waals surface area contributed by atoms with Crippen LogP contribution in [0.4, 0.5) is 5.82 Å². The molecule has 25 heavy (non-hydrogen) atoms. The van der Waals surface area contributed by atoms with Crippen molar-refractivity contribution in [3.8, 4) is 0 Å². The molecule has 1 aromatic heterocycles. The second-order valence-electron chi connectivity index (χ2n) is 6.65. The minimum absolute atomic E-state index is 0.0550. The first-order chi connectivity index (χ1) is 12.1. The van der Waals surface area contributed by atoms with E-state index in [-0.39, 0.29) is 24.2 Å². The van der Waals surface area contributed by atoms with Gasteiger partial charge in [-0.25, -0.2) is 9.78 Å². The molecular weight excluding hydrogens is 322 g/mol. The molecule has 136 valence electrons. The lowest BCUT2D eigenvalue weighted by Crippen LogP contribution is -2.50. The smallest absolute Gasteiger partial charge is 0.337 e. The highest BCUT2D eigenvalue weighted by Crippen LogP contribution is 2.20. The number of aromatic nitrogens is 1. The molecule has 0 atom stereocenters. The van der Waals surface area contributed by atoms with Crippen molar-refractivity contribution in [1.29, 1.82) is 0 Å². The molecule has 0 radical (unpaired) electrons. The number of carbonyl (C=O) groups is 2. The van der Waals surface area contributed by atoms with Gasteiger partial charge in [-0.3, -0.25) is 4.79 Å². The summed E-state index contributed by atoms with van der Waals surface area (Å²) in [4.78, 5) is 31.3. The van der Waals surface area contributed by atoms with Crippen LogP contribution in [0.2, 0.25) is 0 Å². The zero-order valence-corrected chi connectivity index (χ0v) is 14.4. The van der Waals surface area contributed by atoms with Crippen molar-refractivity contribution < 1.29 is 19.4 Å². The fraction of sp³-hybridized carbons (Fsp3) is 0.611. The number of nitrogens with zero attached hydrogens (tertiary/aromatic N) is 3. The number of pyridine rings is 1. The van der Waals surface area contributed by atoms with Gasteiger partial charge in [0.25, 0.3) is 0 Å². The van der Waals surface area contributed by atoms with E-state index in [0.717, 1.165) is 18.7 Å².